The fourth-order valence-electron chi connectivity index (χ4n) is 4.62. The number of benzene rings is 3. The highest BCUT2D eigenvalue weighted by Crippen LogP contribution is 2.37. The van der Waals surface area contributed by atoms with Crippen molar-refractivity contribution < 1.29 is 14.3 Å². The molecule has 0 heterocycles. The summed E-state index contributed by atoms with van der Waals surface area (Å²) in [4.78, 5) is 26.1. The number of para-hydroxylation sites is 1. The lowest BCUT2D eigenvalue weighted by Gasteiger charge is -2.16. The second-order valence-electron chi connectivity index (χ2n) is 8.28. The van der Waals surface area contributed by atoms with Gasteiger partial charge in [0.15, 0.2) is 5.78 Å². The molecule has 1 saturated carbocycles. The summed E-state index contributed by atoms with van der Waals surface area (Å²) in [6.07, 6.45) is 0.858. The highest BCUT2D eigenvalue weighted by atomic mass is 16.5. The average Bonchev–Trinajstić information content (AvgIpc) is 2.96. The van der Waals surface area contributed by atoms with E-state index in [1.807, 2.05) is 75.4 Å². The van der Waals surface area contributed by atoms with Crippen molar-refractivity contribution in [2.24, 2.45) is 5.92 Å². The Morgan fingerprint density at radius 3 is 2.20 bits per heavy atom. The Morgan fingerprint density at radius 2 is 1.50 bits per heavy atom. The summed E-state index contributed by atoms with van der Waals surface area (Å²) in [5, 5.41) is 0. The van der Waals surface area contributed by atoms with Crippen molar-refractivity contribution in [1.82, 2.24) is 0 Å². The van der Waals surface area contributed by atoms with E-state index in [1.54, 1.807) is 0 Å². The first-order valence-electron chi connectivity index (χ1n) is 10.4. The molecule has 0 amide bonds. The summed E-state index contributed by atoms with van der Waals surface area (Å²) in [6, 6.07) is 21.5. The van der Waals surface area contributed by atoms with Gasteiger partial charge in [0.2, 0.25) is 0 Å². The number of carbonyl (C=O) groups is 2. The first-order valence-corrected chi connectivity index (χ1v) is 10.4. The summed E-state index contributed by atoms with van der Waals surface area (Å²) in [7, 11) is 0. The van der Waals surface area contributed by atoms with Gasteiger partial charge in [-0.2, -0.15) is 0 Å². The van der Waals surface area contributed by atoms with Crippen LogP contribution in [0.15, 0.2) is 66.7 Å². The molecule has 0 bridgehead atoms. The van der Waals surface area contributed by atoms with Crippen LogP contribution in [-0.2, 0) is 16.0 Å². The Hall–Kier alpha value is -3.20. The molecule has 3 aromatic carbocycles. The van der Waals surface area contributed by atoms with Crippen LogP contribution in [-0.4, -0.2) is 11.6 Å². The van der Waals surface area contributed by atoms with Crippen LogP contribution in [0.4, 0.5) is 0 Å². The van der Waals surface area contributed by atoms with E-state index in [9.17, 15) is 9.59 Å². The lowest BCUT2D eigenvalue weighted by Crippen LogP contribution is -2.18. The quantitative estimate of drug-likeness (QED) is 0.504. The third kappa shape index (κ3) is 4.06. The molecule has 0 saturated heterocycles. The molecule has 1 fully saturated rings. The Bertz CT molecular complexity index is 1080. The molecule has 30 heavy (non-hydrogen) atoms. The van der Waals surface area contributed by atoms with Gasteiger partial charge in [0.05, 0.1) is 0 Å². The standard InChI is InChI=1S/C27H26O3/c1-17-12-18(2)25(19(3)13-17)26-24(28)16-21(27(26)29)14-20-8-7-11-23(15-20)30-22-9-5-4-6-10-22/h4-13,15,21,26H,14,16H2,1-3H3. The van der Waals surface area contributed by atoms with Crippen LogP contribution >= 0.6 is 0 Å². The van der Waals surface area contributed by atoms with E-state index in [-0.39, 0.29) is 17.5 Å². The molecule has 4 rings (SSSR count). The predicted octanol–water partition coefficient (Wildman–Crippen LogP) is 5.89. The summed E-state index contributed by atoms with van der Waals surface area (Å²) in [5.74, 6) is 0.680. The second-order valence-corrected chi connectivity index (χ2v) is 8.28. The summed E-state index contributed by atoms with van der Waals surface area (Å²) in [5.41, 5.74) is 5.11. The molecule has 2 atom stereocenters. The monoisotopic (exact) mass is 398 g/mol. The van der Waals surface area contributed by atoms with Crippen molar-refractivity contribution in [3.8, 4) is 11.5 Å². The van der Waals surface area contributed by atoms with Crippen molar-refractivity contribution >= 4 is 11.6 Å². The maximum Gasteiger partial charge on any atom is 0.151 e. The zero-order valence-electron chi connectivity index (χ0n) is 17.6. The van der Waals surface area contributed by atoms with Gasteiger partial charge in [-0.1, -0.05) is 48.0 Å². The molecule has 3 heteroatoms. The lowest BCUT2D eigenvalue weighted by molar-refractivity contribution is -0.124. The molecule has 3 nitrogen and oxygen atoms in total. The Balaban J connectivity index is 1.53. The first-order chi connectivity index (χ1) is 14.4. The van der Waals surface area contributed by atoms with Crippen molar-refractivity contribution in [2.45, 2.75) is 39.5 Å². The highest BCUT2D eigenvalue weighted by molar-refractivity contribution is 6.15. The average molecular weight is 399 g/mol. The molecule has 1 aliphatic carbocycles. The number of ketones is 2. The summed E-state index contributed by atoms with van der Waals surface area (Å²) in [6.45, 7) is 6.02. The Morgan fingerprint density at radius 1 is 0.833 bits per heavy atom. The first kappa shape index (κ1) is 20.1. The van der Waals surface area contributed by atoms with Crippen molar-refractivity contribution in [3.63, 3.8) is 0 Å². The highest BCUT2D eigenvalue weighted by Gasteiger charge is 2.43. The molecule has 152 valence electrons. The Kier molecular flexibility index (Phi) is 5.54. The number of carbonyl (C=O) groups excluding carboxylic acids is 2. The van der Waals surface area contributed by atoms with E-state index in [0.717, 1.165) is 39.3 Å². The fourth-order valence-corrected chi connectivity index (χ4v) is 4.62. The SMILES string of the molecule is Cc1cc(C)c(C2C(=O)CC(Cc3cccc(Oc4ccccc4)c3)C2=O)c(C)c1. The maximum atomic E-state index is 13.2. The van der Waals surface area contributed by atoms with Gasteiger partial charge in [0.1, 0.15) is 23.2 Å². The van der Waals surface area contributed by atoms with Crippen LogP contribution < -0.4 is 4.74 Å². The van der Waals surface area contributed by atoms with E-state index in [4.69, 9.17) is 4.74 Å². The van der Waals surface area contributed by atoms with Crippen LogP contribution in [0, 0.1) is 26.7 Å². The van der Waals surface area contributed by atoms with Gasteiger partial charge in [-0.25, -0.2) is 0 Å². The molecular weight excluding hydrogens is 372 g/mol. The summed E-state index contributed by atoms with van der Waals surface area (Å²) < 4.78 is 5.91. The largest absolute Gasteiger partial charge is 0.457 e. The van der Waals surface area contributed by atoms with Gasteiger partial charge in [-0.3, -0.25) is 9.59 Å². The summed E-state index contributed by atoms with van der Waals surface area (Å²) >= 11 is 0. The Labute approximate surface area is 177 Å². The van der Waals surface area contributed by atoms with E-state index >= 15 is 0 Å². The van der Waals surface area contributed by atoms with Crippen LogP contribution in [0.5, 0.6) is 11.5 Å². The molecule has 0 aliphatic heterocycles. The van der Waals surface area contributed by atoms with Gasteiger partial charge >= 0.3 is 0 Å². The van der Waals surface area contributed by atoms with E-state index in [0.29, 0.717) is 12.8 Å². The van der Waals surface area contributed by atoms with E-state index in [1.165, 1.54) is 0 Å². The van der Waals surface area contributed by atoms with Crippen LogP contribution in [0.3, 0.4) is 0 Å². The van der Waals surface area contributed by atoms with Gasteiger partial charge in [0, 0.05) is 12.3 Å². The molecule has 0 N–H and O–H groups in total. The zero-order chi connectivity index (χ0) is 21.3. The van der Waals surface area contributed by atoms with Crippen LogP contribution in [0.2, 0.25) is 0 Å². The minimum absolute atomic E-state index is 0.0387. The van der Waals surface area contributed by atoms with Crippen molar-refractivity contribution in [2.75, 3.05) is 0 Å². The maximum absolute atomic E-state index is 13.2. The minimum atomic E-state index is -0.626. The van der Waals surface area contributed by atoms with Crippen LogP contribution in [0.1, 0.15) is 40.2 Å². The number of aryl methyl sites for hydroxylation is 3. The topological polar surface area (TPSA) is 43.4 Å². The number of rotatable bonds is 5. The zero-order valence-corrected chi connectivity index (χ0v) is 17.6. The molecule has 0 radical (unpaired) electrons. The van der Waals surface area contributed by atoms with Gasteiger partial charge in [-0.15, -0.1) is 0 Å². The van der Waals surface area contributed by atoms with E-state index in [2.05, 4.69) is 12.1 Å². The molecule has 1 aliphatic rings. The van der Waals surface area contributed by atoms with Crippen molar-refractivity contribution in [1.29, 1.82) is 0 Å². The normalized spacial score (nSPS) is 18.6. The molecule has 0 aromatic heterocycles. The molecule has 0 spiro atoms. The molecular formula is C27H26O3. The lowest BCUT2D eigenvalue weighted by atomic mass is 9.86. The molecule has 2 unspecified atom stereocenters. The molecule has 3 aromatic rings. The second kappa shape index (κ2) is 8.27. The number of hydrogen-bond acceptors (Lipinski definition) is 3. The van der Waals surface area contributed by atoms with E-state index < -0.39 is 5.92 Å². The third-order valence-corrected chi connectivity index (χ3v) is 5.84. The third-order valence-electron chi connectivity index (χ3n) is 5.84. The number of ether oxygens (including phenoxy) is 1. The smallest absolute Gasteiger partial charge is 0.151 e. The number of hydrogen-bond donors (Lipinski definition) is 0. The minimum Gasteiger partial charge on any atom is -0.457 e. The van der Waals surface area contributed by atoms with Gasteiger partial charge < -0.3 is 4.74 Å². The number of Topliss-reactive ketones (excluding diaryl/α,β-unsaturated/α-hetero) is 2. The van der Waals surface area contributed by atoms with Crippen LogP contribution in [0.25, 0.3) is 0 Å². The van der Waals surface area contributed by atoms with Crippen molar-refractivity contribution in [3.05, 3.63) is 94.5 Å². The van der Waals surface area contributed by atoms with Gasteiger partial charge in [-0.05, 0) is 73.7 Å². The van der Waals surface area contributed by atoms with Gasteiger partial charge in [0.25, 0.3) is 0 Å². The predicted molar refractivity (Wildman–Crippen MR) is 118 cm³/mol. The fraction of sp³-hybridized carbons (Fsp3) is 0.259.